The molecule has 0 bridgehead atoms. The molecule has 4 N–H and O–H groups in total. The summed E-state index contributed by atoms with van der Waals surface area (Å²) in [5, 5.41) is 8.56. The van der Waals surface area contributed by atoms with E-state index >= 15 is 0 Å². The number of rotatable bonds is 4. The maximum atomic E-state index is 12.0. The van der Waals surface area contributed by atoms with Gasteiger partial charge in [0.25, 0.3) is 0 Å². The molecule has 2 aromatic carbocycles. The van der Waals surface area contributed by atoms with Gasteiger partial charge in [-0.3, -0.25) is 40.4 Å². The van der Waals surface area contributed by atoms with Gasteiger partial charge in [-0.25, -0.2) is 9.59 Å². The summed E-state index contributed by atoms with van der Waals surface area (Å²) in [5.74, 6) is -2.28. The third kappa shape index (κ3) is 4.05. The van der Waals surface area contributed by atoms with Gasteiger partial charge in [0.05, 0.1) is 0 Å². The lowest BCUT2D eigenvalue weighted by molar-refractivity contribution is -0.140. The zero-order valence-electron chi connectivity index (χ0n) is 18.6. The number of benzene rings is 2. The molecule has 0 spiro atoms. The summed E-state index contributed by atoms with van der Waals surface area (Å²) in [4.78, 5) is 70.0. The Bertz CT molecular complexity index is 1020. The van der Waals surface area contributed by atoms with Crippen molar-refractivity contribution in [3.63, 3.8) is 0 Å². The highest BCUT2D eigenvalue weighted by atomic mass is 16.2. The fourth-order valence-electron chi connectivity index (χ4n) is 4.13. The quantitative estimate of drug-likeness (QED) is 0.502. The molecule has 10 heteroatoms. The Hall–Kier alpha value is -4.34. The van der Waals surface area contributed by atoms with Crippen molar-refractivity contribution in [3.05, 3.63) is 71.8 Å². The molecular formula is C24H24N4O6. The first-order chi connectivity index (χ1) is 16.2. The van der Waals surface area contributed by atoms with E-state index < -0.39 is 46.5 Å². The van der Waals surface area contributed by atoms with Gasteiger partial charge in [-0.2, -0.15) is 0 Å². The largest absolute Gasteiger partial charge is 0.328 e. The van der Waals surface area contributed by atoms with Gasteiger partial charge in [0.2, 0.25) is 23.6 Å². The minimum Gasteiger partial charge on any atom is -0.277 e. The fourth-order valence-corrected chi connectivity index (χ4v) is 4.13. The van der Waals surface area contributed by atoms with Crippen LogP contribution in [-0.2, 0) is 30.0 Å². The summed E-state index contributed by atoms with van der Waals surface area (Å²) in [6.45, 7) is 3.48. The number of nitrogens with one attached hydrogen (secondary N) is 4. The van der Waals surface area contributed by atoms with Crippen molar-refractivity contribution in [1.29, 1.82) is 0 Å². The SMILES string of the molecule is CCC1(c2ccccc2)C(=O)NC(=O)NC1=O.CCC1(c2ccccc2)C(=O)NC(=O)NC1=O. The molecule has 0 aliphatic carbocycles. The monoisotopic (exact) mass is 464 g/mol. The Labute approximate surface area is 195 Å². The van der Waals surface area contributed by atoms with Crippen molar-refractivity contribution >= 4 is 35.7 Å². The van der Waals surface area contributed by atoms with Gasteiger partial charge in [-0.05, 0) is 24.0 Å². The predicted octanol–water partition coefficient (Wildman–Crippen LogP) is 1.40. The number of barbiturate groups is 2. The lowest BCUT2D eigenvalue weighted by atomic mass is 9.75. The molecule has 0 saturated carbocycles. The second-order valence-electron chi connectivity index (χ2n) is 7.72. The molecule has 2 aliphatic rings. The fraction of sp³-hybridized carbons (Fsp3) is 0.250. The average molecular weight is 464 g/mol. The van der Waals surface area contributed by atoms with Crippen molar-refractivity contribution in [3.8, 4) is 0 Å². The van der Waals surface area contributed by atoms with Crippen LogP contribution in [0.3, 0.4) is 0 Å². The Morgan fingerprint density at radius 3 is 1.00 bits per heavy atom. The predicted molar refractivity (Wildman–Crippen MR) is 120 cm³/mol. The minimum atomic E-state index is -1.31. The summed E-state index contributed by atoms with van der Waals surface area (Å²) in [6, 6.07) is 15.9. The van der Waals surface area contributed by atoms with E-state index in [1.54, 1.807) is 74.5 Å². The van der Waals surface area contributed by atoms with E-state index in [1.807, 2.05) is 0 Å². The molecule has 34 heavy (non-hydrogen) atoms. The first-order valence-corrected chi connectivity index (χ1v) is 10.7. The Morgan fingerprint density at radius 1 is 0.500 bits per heavy atom. The van der Waals surface area contributed by atoms with Crippen LogP contribution in [0.25, 0.3) is 0 Å². The van der Waals surface area contributed by atoms with Crippen LogP contribution in [0.15, 0.2) is 60.7 Å². The third-order valence-electron chi connectivity index (χ3n) is 6.05. The molecule has 0 unspecified atom stereocenters. The highest BCUT2D eigenvalue weighted by Gasteiger charge is 2.51. The minimum absolute atomic E-state index is 0.294. The van der Waals surface area contributed by atoms with Gasteiger partial charge in [0, 0.05) is 0 Å². The van der Waals surface area contributed by atoms with Gasteiger partial charge < -0.3 is 0 Å². The van der Waals surface area contributed by atoms with E-state index in [2.05, 4.69) is 21.3 Å². The highest BCUT2D eigenvalue weighted by molar-refractivity contribution is 6.23. The topological polar surface area (TPSA) is 151 Å². The number of urea groups is 2. The summed E-state index contributed by atoms with van der Waals surface area (Å²) >= 11 is 0. The van der Waals surface area contributed by atoms with Crippen molar-refractivity contribution < 1.29 is 28.8 Å². The maximum Gasteiger partial charge on any atom is 0.328 e. The van der Waals surface area contributed by atoms with Crippen LogP contribution >= 0.6 is 0 Å². The number of hydrogen-bond donors (Lipinski definition) is 4. The zero-order chi connectivity index (χ0) is 24.9. The van der Waals surface area contributed by atoms with Crippen LogP contribution in [0.2, 0.25) is 0 Å². The van der Waals surface area contributed by atoms with Crippen LogP contribution in [0.4, 0.5) is 9.59 Å². The van der Waals surface area contributed by atoms with E-state index in [0.29, 0.717) is 24.0 Å². The molecule has 4 rings (SSSR count). The Balaban J connectivity index is 0.000000191. The van der Waals surface area contributed by atoms with Crippen LogP contribution in [0.1, 0.15) is 37.8 Å². The summed E-state index contributed by atoms with van der Waals surface area (Å²) < 4.78 is 0. The molecule has 0 aromatic heterocycles. The lowest BCUT2D eigenvalue weighted by Crippen LogP contribution is -2.64. The molecule has 176 valence electrons. The second kappa shape index (κ2) is 9.65. The zero-order valence-corrected chi connectivity index (χ0v) is 18.6. The van der Waals surface area contributed by atoms with E-state index in [4.69, 9.17) is 0 Å². The van der Waals surface area contributed by atoms with E-state index in [1.165, 1.54) is 0 Å². The van der Waals surface area contributed by atoms with Crippen molar-refractivity contribution in [2.75, 3.05) is 0 Å². The normalized spacial score (nSPS) is 18.5. The van der Waals surface area contributed by atoms with E-state index in [0.717, 1.165) is 0 Å². The van der Waals surface area contributed by atoms with Crippen LogP contribution in [0, 0.1) is 0 Å². The summed E-state index contributed by atoms with van der Waals surface area (Å²) in [6.07, 6.45) is 0.587. The molecule has 8 amide bonds. The van der Waals surface area contributed by atoms with Gasteiger partial charge in [0.15, 0.2) is 10.8 Å². The van der Waals surface area contributed by atoms with Crippen molar-refractivity contribution in [2.24, 2.45) is 0 Å². The maximum absolute atomic E-state index is 12.0. The molecule has 0 radical (unpaired) electrons. The van der Waals surface area contributed by atoms with Crippen LogP contribution in [0.5, 0.6) is 0 Å². The molecule has 2 aliphatic heterocycles. The summed E-state index contributed by atoms with van der Waals surface area (Å²) in [5.41, 5.74) is -1.44. The lowest BCUT2D eigenvalue weighted by Gasteiger charge is -2.33. The summed E-state index contributed by atoms with van der Waals surface area (Å²) in [7, 11) is 0. The molecular weight excluding hydrogens is 440 g/mol. The molecule has 0 atom stereocenters. The van der Waals surface area contributed by atoms with Gasteiger partial charge in [-0.1, -0.05) is 74.5 Å². The first kappa shape index (κ1) is 24.3. The number of amides is 8. The van der Waals surface area contributed by atoms with Crippen molar-refractivity contribution in [1.82, 2.24) is 21.3 Å². The number of imide groups is 4. The molecule has 2 heterocycles. The van der Waals surface area contributed by atoms with Gasteiger partial charge in [0.1, 0.15) is 0 Å². The second-order valence-corrected chi connectivity index (χ2v) is 7.72. The van der Waals surface area contributed by atoms with Crippen LogP contribution in [-0.4, -0.2) is 35.7 Å². The molecule has 10 nitrogen and oxygen atoms in total. The Kier molecular flexibility index (Phi) is 6.90. The van der Waals surface area contributed by atoms with Crippen LogP contribution < -0.4 is 21.3 Å². The number of hydrogen-bond acceptors (Lipinski definition) is 6. The van der Waals surface area contributed by atoms with E-state index in [9.17, 15) is 28.8 Å². The third-order valence-corrected chi connectivity index (χ3v) is 6.05. The first-order valence-electron chi connectivity index (χ1n) is 10.7. The standard InChI is InChI=1S/2C12H12N2O3/c2*1-2-12(8-6-4-3-5-7-8)9(15)13-11(17)14-10(12)16/h2*3-7H,2H2,1H3,(H2,13,14,15,16,17). The Morgan fingerprint density at radius 2 is 0.765 bits per heavy atom. The number of carbonyl (C=O) groups is 6. The number of carbonyl (C=O) groups excluding carboxylic acids is 6. The van der Waals surface area contributed by atoms with Gasteiger partial charge in [-0.15, -0.1) is 0 Å². The average Bonchev–Trinajstić information content (AvgIpc) is 2.81. The smallest absolute Gasteiger partial charge is 0.277 e. The van der Waals surface area contributed by atoms with Crippen molar-refractivity contribution in [2.45, 2.75) is 37.5 Å². The highest BCUT2D eigenvalue weighted by Crippen LogP contribution is 2.31. The molecule has 2 fully saturated rings. The molecule has 2 aromatic rings. The van der Waals surface area contributed by atoms with Gasteiger partial charge >= 0.3 is 12.1 Å². The van der Waals surface area contributed by atoms with E-state index in [-0.39, 0.29) is 0 Å². The molecule has 2 saturated heterocycles.